The van der Waals surface area contributed by atoms with Crippen LogP contribution in [0.25, 0.3) is 42.4 Å². The maximum absolute atomic E-state index is 3.68. The molecule has 2 aliphatic rings. The summed E-state index contributed by atoms with van der Waals surface area (Å²) < 4.78 is 3.87. The Kier molecular flexibility index (Phi) is 3.44. The molecule has 1 heterocycles. The standard InChI is InChI=1S/C31H17BrS/c32-18-13-16-28-23(17-18)21-14-15-27-29(30(21)33-28)22-9-3-6-12-26(22)31(27)24-10-4-1-7-19(24)20-8-2-5-11-25(20)31/h1-17H. The van der Waals surface area contributed by atoms with Crippen molar-refractivity contribution in [2.75, 3.05) is 0 Å². The summed E-state index contributed by atoms with van der Waals surface area (Å²) in [5.41, 5.74) is 10.9. The SMILES string of the molecule is Brc1ccc2sc3c4c(ccc3c2c1)C1(c2ccccc2-c2ccccc21)c1ccccc1-4. The molecule has 1 aromatic heterocycles. The summed E-state index contributed by atoms with van der Waals surface area (Å²) in [7, 11) is 0. The molecule has 0 fully saturated rings. The molecule has 33 heavy (non-hydrogen) atoms. The van der Waals surface area contributed by atoms with E-state index in [-0.39, 0.29) is 5.41 Å². The fourth-order valence-electron chi connectivity index (χ4n) is 6.38. The number of fused-ring (bicyclic) bond motifs is 14. The monoisotopic (exact) mass is 500 g/mol. The molecule has 1 spiro atoms. The van der Waals surface area contributed by atoms with Crippen molar-refractivity contribution in [3.63, 3.8) is 0 Å². The second kappa shape index (κ2) is 6.22. The van der Waals surface area contributed by atoms with Gasteiger partial charge in [0.1, 0.15) is 0 Å². The van der Waals surface area contributed by atoms with Crippen molar-refractivity contribution in [1.29, 1.82) is 0 Å². The number of thiophene rings is 1. The van der Waals surface area contributed by atoms with Crippen molar-refractivity contribution in [1.82, 2.24) is 0 Å². The van der Waals surface area contributed by atoms with Crippen molar-refractivity contribution in [2.24, 2.45) is 0 Å². The fraction of sp³-hybridized carbons (Fsp3) is 0.0323. The van der Waals surface area contributed by atoms with Crippen molar-refractivity contribution >= 4 is 47.4 Å². The normalized spacial score (nSPS) is 14.5. The topological polar surface area (TPSA) is 0 Å². The molecule has 0 atom stereocenters. The highest BCUT2D eigenvalue weighted by Gasteiger charge is 2.51. The van der Waals surface area contributed by atoms with Gasteiger partial charge in [-0.1, -0.05) is 101 Å². The number of rotatable bonds is 0. The van der Waals surface area contributed by atoms with Gasteiger partial charge in [0, 0.05) is 30.2 Å². The summed E-state index contributed by atoms with van der Waals surface area (Å²) in [5.74, 6) is 0. The third kappa shape index (κ3) is 2.08. The van der Waals surface area contributed by atoms with Crippen LogP contribution in [-0.2, 0) is 5.41 Å². The molecule has 0 N–H and O–H groups in total. The Balaban J connectivity index is 1.61. The first-order valence-electron chi connectivity index (χ1n) is 11.2. The van der Waals surface area contributed by atoms with Gasteiger partial charge in [-0.05, 0) is 57.1 Å². The average Bonchev–Trinajstić information content (AvgIpc) is 3.47. The summed E-state index contributed by atoms with van der Waals surface area (Å²) in [6.07, 6.45) is 0. The van der Waals surface area contributed by atoms with Gasteiger partial charge in [-0.3, -0.25) is 0 Å². The molecule has 2 heteroatoms. The minimum absolute atomic E-state index is 0.260. The highest BCUT2D eigenvalue weighted by atomic mass is 79.9. The van der Waals surface area contributed by atoms with Crippen LogP contribution >= 0.6 is 27.3 Å². The van der Waals surface area contributed by atoms with E-state index in [0.29, 0.717) is 0 Å². The lowest BCUT2D eigenvalue weighted by Gasteiger charge is -2.30. The van der Waals surface area contributed by atoms with Crippen molar-refractivity contribution in [2.45, 2.75) is 5.41 Å². The van der Waals surface area contributed by atoms with Crippen LogP contribution in [0.3, 0.4) is 0 Å². The van der Waals surface area contributed by atoms with Crippen molar-refractivity contribution < 1.29 is 0 Å². The molecule has 0 unspecified atom stereocenters. The molecule has 8 rings (SSSR count). The van der Waals surface area contributed by atoms with Gasteiger partial charge in [0.2, 0.25) is 0 Å². The third-order valence-electron chi connectivity index (χ3n) is 7.56. The fourth-order valence-corrected chi connectivity index (χ4v) is 7.99. The second-order valence-corrected chi connectivity index (χ2v) is 11.0. The van der Waals surface area contributed by atoms with E-state index in [9.17, 15) is 0 Å². The van der Waals surface area contributed by atoms with Gasteiger partial charge in [-0.2, -0.15) is 0 Å². The van der Waals surface area contributed by atoms with Crippen LogP contribution in [0.2, 0.25) is 0 Å². The van der Waals surface area contributed by atoms with Gasteiger partial charge >= 0.3 is 0 Å². The summed E-state index contributed by atoms with van der Waals surface area (Å²) in [5, 5.41) is 2.68. The van der Waals surface area contributed by atoms with Gasteiger partial charge in [0.15, 0.2) is 0 Å². The lowest BCUT2D eigenvalue weighted by molar-refractivity contribution is 0.794. The van der Waals surface area contributed by atoms with E-state index in [4.69, 9.17) is 0 Å². The van der Waals surface area contributed by atoms with Gasteiger partial charge in [-0.25, -0.2) is 0 Å². The van der Waals surface area contributed by atoms with E-state index in [0.717, 1.165) is 4.47 Å². The lowest BCUT2D eigenvalue weighted by Crippen LogP contribution is -2.25. The van der Waals surface area contributed by atoms with Gasteiger partial charge in [-0.15, -0.1) is 11.3 Å². The minimum atomic E-state index is -0.260. The van der Waals surface area contributed by atoms with E-state index < -0.39 is 0 Å². The maximum Gasteiger partial charge on any atom is 0.0726 e. The molecule has 0 aliphatic heterocycles. The Hall–Kier alpha value is -3.20. The lowest BCUT2D eigenvalue weighted by atomic mass is 9.70. The second-order valence-electron chi connectivity index (χ2n) is 8.99. The van der Waals surface area contributed by atoms with E-state index >= 15 is 0 Å². The van der Waals surface area contributed by atoms with Gasteiger partial charge in [0.05, 0.1) is 5.41 Å². The average molecular weight is 501 g/mol. The number of benzene rings is 5. The molecule has 0 amide bonds. The molecular weight excluding hydrogens is 484 g/mol. The van der Waals surface area contributed by atoms with Crippen LogP contribution in [0.4, 0.5) is 0 Å². The Morgan fingerprint density at radius 3 is 1.85 bits per heavy atom. The Morgan fingerprint density at radius 1 is 0.545 bits per heavy atom. The zero-order valence-corrected chi connectivity index (χ0v) is 20.0. The Bertz CT molecular complexity index is 1740. The summed E-state index contributed by atoms with van der Waals surface area (Å²) in [4.78, 5) is 0. The van der Waals surface area contributed by atoms with Crippen LogP contribution in [-0.4, -0.2) is 0 Å². The van der Waals surface area contributed by atoms with E-state index in [1.54, 1.807) is 0 Å². The summed E-state index contributed by atoms with van der Waals surface area (Å²) >= 11 is 5.60. The summed E-state index contributed by atoms with van der Waals surface area (Å²) in [6, 6.07) is 38.5. The van der Waals surface area contributed by atoms with E-state index in [1.165, 1.54) is 64.7 Å². The predicted molar refractivity (Wildman–Crippen MR) is 143 cm³/mol. The van der Waals surface area contributed by atoms with Gasteiger partial charge in [0.25, 0.3) is 0 Å². The molecule has 154 valence electrons. The third-order valence-corrected chi connectivity index (χ3v) is 9.26. The van der Waals surface area contributed by atoms with Crippen LogP contribution in [0.15, 0.2) is 108 Å². The molecular formula is C31H17BrS. The Morgan fingerprint density at radius 2 is 1.15 bits per heavy atom. The quantitative estimate of drug-likeness (QED) is 0.194. The number of hydrogen-bond acceptors (Lipinski definition) is 1. The molecule has 0 radical (unpaired) electrons. The predicted octanol–water partition coefficient (Wildman–Crippen LogP) is 9.16. The van der Waals surface area contributed by atoms with Crippen LogP contribution in [0.1, 0.15) is 22.3 Å². The van der Waals surface area contributed by atoms with Crippen molar-refractivity contribution in [3.8, 4) is 22.3 Å². The number of hydrogen-bond donors (Lipinski definition) is 0. The van der Waals surface area contributed by atoms with Crippen LogP contribution in [0, 0.1) is 0 Å². The van der Waals surface area contributed by atoms with Crippen LogP contribution < -0.4 is 0 Å². The molecule has 2 aliphatic carbocycles. The zero-order chi connectivity index (χ0) is 21.7. The first kappa shape index (κ1) is 18.3. The molecule has 6 aromatic rings. The molecule has 0 bridgehead atoms. The van der Waals surface area contributed by atoms with Crippen LogP contribution in [0.5, 0.6) is 0 Å². The smallest absolute Gasteiger partial charge is 0.0726 e. The molecule has 0 saturated heterocycles. The maximum atomic E-state index is 3.68. The largest absolute Gasteiger partial charge is 0.135 e. The highest BCUT2D eigenvalue weighted by molar-refractivity contribution is 9.10. The van der Waals surface area contributed by atoms with E-state index in [1.807, 2.05) is 11.3 Å². The highest BCUT2D eigenvalue weighted by Crippen LogP contribution is 2.64. The molecule has 0 saturated carbocycles. The molecule has 0 nitrogen and oxygen atoms in total. The van der Waals surface area contributed by atoms with E-state index in [2.05, 4.69) is 119 Å². The summed E-state index contributed by atoms with van der Waals surface area (Å²) in [6.45, 7) is 0. The Labute approximate surface area is 204 Å². The minimum Gasteiger partial charge on any atom is -0.135 e. The van der Waals surface area contributed by atoms with Gasteiger partial charge < -0.3 is 0 Å². The number of halogens is 1. The first-order chi connectivity index (χ1) is 16.3. The van der Waals surface area contributed by atoms with Crippen molar-refractivity contribution in [3.05, 3.63) is 130 Å². The molecule has 5 aromatic carbocycles. The zero-order valence-electron chi connectivity index (χ0n) is 17.6. The first-order valence-corrected chi connectivity index (χ1v) is 12.8.